The Hall–Kier alpha value is -0.330. The minimum Gasteiger partial charge on any atom is -0.336 e. The Morgan fingerprint density at radius 3 is 2.53 bits per heavy atom. The maximum absolute atomic E-state index is 12.4. The van der Waals surface area contributed by atoms with Crippen LogP contribution in [-0.2, 0) is 14.6 Å². The van der Waals surface area contributed by atoms with E-state index in [0.29, 0.717) is 6.54 Å². The summed E-state index contributed by atoms with van der Waals surface area (Å²) in [7, 11) is -3.02. The van der Waals surface area contributed by atoms with Crippen molar-refractivity contribution in [3.63, 3.8) is 0 Å². The van der Waals surface area contributed by atoms with Crippen LogP contribution in [0, 0.1) is 0 Å². The standard InChI is InChI=1S/C12H22N2O3S.ClH/c1-9-10(2)18(16,17)8-7-14(9)12(15)11-5-3-4-6-13-11;/h9-11,13H,3-8H2,1-2H3;1H. The lowest BCUT2D eigenvalue weighted by molar-refractivity contribution is -0.136. The number of carbonyl (C=O) groups excluding carboxylic acids is 1. The highest BCUT2D eigenvalue weighted by Gasteiger charge is 2.39. The summed E-state index contributed by atoms with van der Waals surface area (Å²) in [6.45, 7) is 4.76. The summed E-state index contributed by atoms with van der Waals surface area (Å²) in [5.41, 5.74) is 0. The molecule has 19 heavy (non-hydrogen) atoms. The van der Waals surface area contributed by atoms with Crippen molar-refractivity contribution in [3.05, 3.63) is 0 Å². The summed E-state index contributed by atoms with van der Waals surface area (Å²) in [4.78, 5) is 14.1. The van der Waals surface area contributed by atoms with Crippen LogP contribution in [0.25, 0.3) is 0 Å². The van der Waals surface area contributed by atoms with E-state index >= 15 is 0 Å². The van der Waals surface area contributed by atoms with Gasteiger partial charge in [0.2, 0.25) is 5.91 Å². The molecular formula is C12H23ClN2O3S. The molecule has 0 aromatic rings. The van der Waals surface area contributed by atoms with E-state index in [1.54, 1.807) is 11.8 Å². The van der Waals surface area contributed by atoms with Gasteiger partial charge in [-0.1, -0.05) is 6.42 Å². The van der Waals surface area contributed by atoms with E-state index in [0.717, 1.165) is 25.8 Å². The molecule has 1 N–H and O–H groups in total. The molecule has 0 radical (unpaired) electrons. The van der Waals surface area contributed by atoms with Crippen molar-refractivity contribution >= 4 is 28.2 Å². The van der Waals surface area contributed by atoms with Crippen LogP contribution in [0.5, 0.6) is 0 Å². The predicted molar refractivity (Wildman–Crippen MR) is 77.3 cm³/mol. The van der Waals surface area contributed by atoms with Gasteiger partial charge in [0, 0.05) is 12.6 Å². The predicted octanol–water partition coefficient (Wildman–Crippen LogP) is 0.584. The molecule has 2 fully saturated rings. The molecule has 3 atom stereocenters. The van der Waals surface area contributed by atoms with Crippen LogP contribution in [0.3, 0.4) is 0 Å². The van der Waals surface area contributed by atoms with Gasteiger partial charge in [0.1, 0.15) is 0 Å². The van der Waals surface area contributed by atoms with E-state index in [2.05, 4.69) is 5.32 Å². The minimum atomic E-state index is -3.02. The fourth-order valence-corrected chi connectivity index (χ4v) is 4.31. The Balaban J connectivity index is 0.00000180. The molecule has 2 aliphatic heterocycles. The average molecular weight is 311 g/mol. The number of hydrogen-bond donors (Lipinski definition) is 1. The molecule has 112 valence electrons. The number of amides is 1. The van der Waals surface area contributed by atoms with Crippen molar-refractivity contribution in [3.8, 4) is 0 Å². The monoisotopic (exact) mass is 310 g/mol. The smallest absolute Gasteiger partial charge is 0.240 e. The zero-order chi connectivity index (χ0) is 13.3. The van der Waals surface area contributed by atoms with Crippen LogP contribution in [0.1, 0.15) is 33.1 Å². The lowest BCUT2D eigenvalue weighted by Gasteiger charge is -2.40. The van der Waals surface area contributed by atoms with E-state index in [9.17, 15) is 13.2 Å². The molecule has 3 unspecified atom stereocenters. The Morgan fingerprint density at radius 2 is 1.95 bits per heavy atom. The van der Waals surface area contributed by atoms with Gasteiger partial charge in [-0.3, -0.25) is 4.79 Å². The molecule has 5 nitrogen and oxygen atoms in total. The molecule has 1 amide bonds. The van der Waals surface area contributed by atoms with E-state index < -0.39 is 15.1 Å². The number of rotatable bonds is 1. The summed E-state index contributed by atoms with van der Waals surface area (Å²) < 4.78 is 23.6. The molecule has 2 aliphatic rings. The van der Waals surface area contributed by atoms with Gasteiger partial charge in [0.15, 0.2) is 9.84 Å². The second-order valence-corrected chi connectivity index (χ2v) is 7.82. The van der Waals surface area contributed by atoms with E-state index in [-0.39, 0.29) is 36.2 Å². The summed E-state index contributed by atoms with van der Waals surface area (Å²) in [5.74, 6) is 0.167. The normalized spacial score (nSPS) is 34.4. The van der Waals surface area contributed by atoms with Gasteiger partial charge in [-0.2, -0.15) is 0 Å². The van der Waals surface area contributed by atoms with Gasteiger partial charge in [0.25, 0.3) is 0 Å². The second-order valence-electron chi connectivity index (χ2n) is 5.35. The maximum Gasteiger partial charge on any atom is 0.240 e. The molecule has 2 saturated heterocycles. The first-order valence-corrected chi connectivity index (χ1v) is 8.40. The van der Waals surface area contributed by atoms with Crippen LogP contribution < -0.4 is 5.32 Å². The van der Waals surface area contributed by atoms with Crippen molar-refractivity contribution in [2.45, 2.75) is 50.4 Å². The molecule has 2 rings (SSSR count). The first-order valence-electron chi connectivity index (χ1n) is 6.69. The zero-order valence-corrected chi connectivity index (χ0v) is 13.1. The van der Waals surface area contributed by atoms with Gasteiger partial charge >= 0.3 is 0 Å². The van der Waals surface area contributed by atoms with Crippen molar-refractivity contribution in [1.82, 2.24) is 10.2 Å². The van der Waals surface area contributed by atoms with Crippen LogP contribution in [-0.4, -0.2) is 55.4 Å². The van der Waals surface area contributed by atoms with Gasteiger partial charge in [0.05, 0.1) is 17.0 Å². The summed E-state index contributed by atoms with van der Waals surface area (Å²) in [6, 6.07) is -0.339. The number of nitrogens with one attached hydrogen (secondary N) is 1. The SMILES string of the molecule is CC1C(C)S(=O)(=O)CCN1C(=O)C1CCCCN1.Cl. The lowest BCUT2D eigenvalue weighted by Crippen LogP contribution is -2.59. The molecular weight excluding hydrogens is 288 g/mol. The van der Waals surface area contributed by atoms with Crippen molar-refractivity contribution in [1.29, 1.82) is 0 Å². The first-order chi connectivity index (χ1) is 8.43. The Labute approximate surface area is 121 Å². The third kappa shape index (κ3) is 3.41. The largest absolute Gasteiger partial charge is 0.336 e. The molecule has 0 aromatic carbocycles. The molecule has 0 aliphatic carbocycles. The van der Waals surface area contributed by atoms with Crippen LogP contribution >= 0.6 is 12.4 Å². The van der Waals surface area contributed by atoms with Crippen molar-refractivity contribution in [2.24, 2.45) is 0 Å². The lowest BCUT2D eigenvalue weighted by atomic mass is 10.0. The third-order valence-electron chi connectivity index (χ3n) is 4.25. The highest BCUT2D eigenvalue weighted by Crippen LogP contribution is 2.21. The van der Waals surface area contributed by atoms with Crippen LogP contribution in [0.4, 0.5) is 0 Å². The number of carbonyl (C=O) groups is 1. The van der Waals surface area contributed by atoms with Crippen molar-refractivity contribution < 1.29 is 13.2 Å². The van der Waals surface area contributed by atoms with E-state index in [1.807, 2.05) is 6.92 Å². The van der Waals surface area contributed by atoms with Crippen LogP contribution in [0.2, 0.25) is 0 Å². The molecule has 0 aromatic heterocycles. The minimum absolute atomic E-state index is 0. The number of halogens is 1. The topological polar surface area (TPSA) is 66.5 Å². The van der Waals surface area contributed by atoms with Crippen LogP contribution in [0.15, 0.2) is 0 Å². The Bertz CT molecular complexity index is 421. The maximum atomic E-state index is 12.4. The van der Waals surface area contributed by atoms with Gasteiger partial charge < -0.3 is 10.2 Å². The Kier molecular flexibility index (Phi) is 5.65. The third-order valence-corrected chi connectivity index (χ3v) is 6.52. The van der Waals surface area contributed by atoms with E-state index in [1.165, 1.54) is 0 Å². The second kappa shape index (κ2) is 6.41. The first kappa shape index (κ1) is 16.7. The van der Waals surface area contributed by atoms with Gasteiger partial charge in [-0.25, -0.2) is 8.42 Å². The fraction of sp³-hybridized carbons (Fsp3) is 0.917. The zero-order valence-electron chi connectivity index (χ0n) is 11.5. The number of sulfone groups is 1. The quantitative estimate of drug-likeness (QED) is 0.769. The highest BCUT2D eigenvalue weighted by atomic mass is 35.5. The summed E-state index contributed by atoms with van der Waals surface area (Å²) in [5, 5.41) is 2.77. The number of hydrogen-bond acceptors (Lipinski definition) is 4. The van der Waals surface area contributed by atoms with Gasteiger partial charge in [-0.15, -0.1) is 12.4 Å². The average Bonchev–Trinajstić information content (AvgIpc) is 2.37. The van der Waals surface area contributed by atoms with Crippen molar-refractivity contribution in [2.75, 3.05) is 18.8 Å². The number of piperidine rings is 1. The summed E-state index contributed by atoms with van der Waals surface area (Å²) >= 11 is 0. The number of nitrogens with zero attached hydrogens (tertiary/aromatic N) is 1. The molecule has 2 heterocycles. The molecule has 0 spiro atoms. The van der Waals surface area contributed by atoms with Gasteiger partial charge in [-0.05, 0) is 33.2 Å². The fourth-order valence-electron chi connectivity index (χ4n) is 2.74. The summed E-state index contributed by atoms with van der Waals surface area (Å²) in [6.07, 6.45) is 3.05. The highest BCUT2D eigenvalue weighted by molar-refractivity contribution is 7.92. The molecule has 0 saturated carbocycles. The molecule has 7 heteroatoms. The van der Waals surface area contributed by atoms with E-state index in [4.69, 9.17) is 0 Å². The molecule has 0 bridgehead atoms. The Morgan fingerprint density at radius 1 is 1.26 bits per heavy atom.